The number of nitrogens with one attached hydrogen (secondary N) is 2. The van der Waals surface area contributed by atoms with Crippen molar-refractivity contribution < 1.29 is 19.5 Å². The van der Waals surface area contributed by atoms with Gasteiger partial charge >= 0.3 is 12.0 Å². The molecule has 0 aromatic carbocycles. The average molecular weight is 268 g/mol. The Bertz CT molecular complexity index is 495. The number of carboxylic acids is 1. The number of hydrogen-bond donors (Lipinski definition) is 3. The van der Waals surface area contributed by atoms with Crippen LogP contribution in [-0.2, 0) is 23.1 Å². The molecule has 0 radical (unpaired) electrons. The molecule has 8 nitrogen and oxygen atoms in total. The summed E-state index contributed by atoms with van der Waals surface area (Å²) in [5.41, 5.74) is 1.23. The second kappa shape index (κ2) is 6.53. The molecule has 0 spiro atoms. The molecule has 3 N–H and O–H groups in total. The van der Waals surface area contributed by atoms with E-state index in [0.717, 1.165) is 0 Å². The van der Waals surface area contributed by atoms with Crippen molar-refractivity contribution in [3.63, 3.8) is 0 Å². The van der Waals surface area contributed by atoms with E-state index >= 15 is 0 Å². The van der Waals surface area contributed by atoms with E-state index in [0.29, 0.717) is 17.8 Å². The van der Waals surface area contributed by atoms with Crippen LogP contribution in [0, 0.1) is 0 Å². The summed E-state index contributed by atoms with van der Waals surface area (Å²) in [6.45, 7) is 1.89. The topological polar surface area (TPSA) is 113 Å². The Hall–Kier alpha value is -2.38. The van der Waals surface area contributed by atoms with Crippen molar-refractivity contribution in [1.29, 1.82) is 0 Å². The van der Waals surface area contributed by atoms with Gasteiger partial charge in [-0.15, -0.1) is 0 Å². The molecule has 0 unspecified atom stereocenters. The average Bonchev–Trinajstić information content (AvgIpc) is 2.66. The van der Waals surface area contributed by atoms with E-state index in [4.69, 9.17) is 5.11 Å². The highest BCUT2D eigenvalue weighted by Gasteiger charge is 2.12. The normalized spacial score (nSPS) is 10.0. The number of aryl methyl sites for hydroxylation is 2. The van der Waals surface area contributed by atoms with E-state index in [9.17, 15) is 14.4 Å². The predicted molar refractivity (Wildman–Crippen MR) is 66.6 cm³/mol. The molecule has 19 heavy (non-hydrogen) atoms. The maximum absolute atomic E-state index is 11.5. The zero-order valence-corrected chi connectivity index (χ0v) is 10.8. The van der Waals surface area contributed by atoms with Crippen LogP contribution in [0.15, 0.2) is 6.20 Å². The first-order valence-corrected chi connectivity index (χ1v) is 5.77. The summed E-state index contributed by atoms with van der Waals surface area (Å²) >= 11 is 0. The number of aromatic nitrogens is 2. The Labute approximate surface area is 109 Å². The van der Waals surface area contributed by atoms with Crippen LogP contribution < -0.4 is 10.6 Å². The first kappa shape index (κ1) is 14.7. The number of rotatable bonds is 5. The molecule has 0 atom stereocenters. The van der Waals surface area contributed by atoms with E-state index in [1.807, 2.05) is 6.92 Å². The Morgan fingerprint density at radius 2 is 2.05 bits per heavy atom. The van der Waals surface area contributed by atoms with Gasteiger partial charge in [0.2, 0.25) is 5.91 Å². The quantitative estimate of drug-likeness (QED) is 0.719. The van der Waals surface area contributed by atoms with Crippen molar-refractivity contribution in [3.8, 4) is 0 Å². The highest BCUT2D eigenvalue weighted by atomic mass is 16.4. The number of nitrogens with zero attached hydrogens (tertiary/aromatic N) is 2. The Morgan fingerprint density at radius 3 is 2.63 bits per heavy atom. The molecule has 0 aliphatic carbocycles. The van der Waals surface area contributed by atoms with Crippen LogP contribution in [-0.4, -0.2) is 32.8 Å². The minimum Gasteiger partial charge on any atom is -0.481 e. The van der Waals surface area contributed by atoms with E-state index in [-0.39, 0.29) is 12.8 Å². The van der Waals surface area contributed by atoms with Gasteiger partial charge < -0.3 is 10.4 Å². The van der Waals surface area contributed by atoms with Crippen LogP contribution in [0.25, 0.3) is 0 Å². The fourth-order valence-corrected chi connectivity index (χ4v) is 1.46. The lowest BCUT2D eigenvalue weighted by Crippen LogP contribution is -2.34. The number of carboxylic acid groups (broad SMARTS) is 1. The number of amides is 3. The number of hydrogen-bond acceptors (Lipinski definition) is 4. The van der Waals surface area contributed by atoms with Crippen molar-refractivity contribution in [1.82, 2.24) is 15.1 Å². The first-order chi connectivity index (χ1) is 8.92. The molecule has 0 saturated heterocycles. The maximum atomic E-state index is 11.5. The lowest BCUT2D eigenvalue weighted by molar-refractivity contribution is -0.138. The second-order valence-electron chi connectivity index (χ2n) is 3.91. The second-order valence-corrected chi connectivity index (χ2v) is 3.91. The van der Waals surface area contributed by atoms with Gasteiger partial charge in [0.05, 0.1) is 17.8 Å². The molecule has 3 amide bonds. The summed E-state index contributed by atoms with van der Waals surface area (Å²) in [5, 5.41) is 17.1. The molecule has 0 aliphatic heterocycles. The van der Waals surface area contributed by atoms with Crippen LogP contribution in [0.1, 0.15) is 25.5 Å². The van der Waals surface area contributed by atoms with Crippen LogP contribution in [0.3, 0.4) is 0 Å². The number of aliphatic carboxylic acids is 1. The van der Waals surface area contributed by atoms with Crippen LogP contribution in [0.5, 0.6) is 0 Å². The van der Waals surface area contributed by atoms with Crippen LogP contribution in [0.2, 0.25) is 0 Å². The van der Waals surface area contributed by atoms with E-state index < -0.39 is 17.9 Å². The van der Waals surface area contributed by atoms with Gasteiger partial charge in [-0.25, -0.2) is 4.79 Å². The molecule has 1 aromatic rings. The molecular weight excluding hydrogens is 252 g/mol. The molecule has 8 heteroatoms. The molecule has 0 fully saturated rings. The molecule has 1 heterocycles. The van der Waals surface area contributed by atoms with Gasteiger partial charge in [-0.2, -0.15) is 5.10 Å². The molecular formula is C11H16N4O4. The smallest absolute Gasteiger partial charge is 0.325 e. The minimum atomic E-state index is -1.09. The minimum absolute atomic E-state index is 0.240. The van der Waals surface area contributed by atoms with Crippen LogP contribution >= 0.6 is 0 Å². The summed E-state index contributed by atoms with van der Waals surface area (Å²) in [7, 11) is 1.72. The number of anilines is 1. The zero-order valence-electron chi connectivity index (χ0n) is 10.8. The van der Waals surface area contributed by atoms with Gasteiger partial charge in [-0.1, -0.05) is 6.92 Å². The molecule has 104 valence electrons. The fourth-order valence-electron chi connectivity index (χ4n) is 1.46. The number of imide groups is 1. The third-order valence-electron chi connectivity index (χ3n) is 2.31. The third-order valence-corrected chi connectivity index (χ3v) is 2.31. The summed E-state index contributed by atoms with van der Waals surface area (Å²) in [6, 6.07) is -0.696. The molecule has 0 aliphatic rings. The monoisotopic (exact) mass is 268 g/mol. The highest BCUT2D eigenvalue weighted by molar-refractivity contribution is 6.01. The van der Waals surface area contributed by atoms with Gasteiger partial charge in [0.1, 0.15) is 0 Å². The number of carbonyl (C=O) groups is 3. The van der Waals surface area contributed by atoms with Gasteiger partial charge in [0.25, 0.3) is 0 Å². The molecule has 1 aromatic heterocycles. The standard InChI is InChI=1S/C11H16N4O4/c1-3-7-8(6-15(2)14-7)12-11(19)13-9(16)4-5-10(17)18/h6H,3-5H2,1-2H3,(H,17,18)(H2,12,13,16,19). The maximum Gasteiger partial charge on any atom is 0.325 e. The van der Waals surface area contributed by atoms with E-state index in [2.05, 4.69) is 15.7 Å². The zero-order chi connectivity index (χ0) is 14.4. The largest absolute Gasteiger partial charge is 0.481 e. The van der Waals surface area contributed by atoms with Gasteiger partial charge in [0, 0.05) is 19.7 Å². The highest BCUT2D eigenvalue weighted by Crippen LogP contribution is 2.13. The van der Waals surface area contributed by atoms with Crippen LogP contribution in [0.4, 0.5) is 10.5 Å². The Morgan fingerprint density at radius 1 is 1.37 bits per heavy atom. The van der Waals surface area contributed by atoms with Crippen molar-refractivity contribution in [2.45, 2.75) is 26.2 Å². The van der Waals surface area contributed by atoms with Gasteiger partial charge in [-0.05, 0) is 6.42 Å². The van der Waals surface area contributed by atoms with Crippen molar-refractivity contribution in [2.75, 3.05) is 5.32 Å². The van der Waals surface area contributed by atoms with Gasteiger partial charge in [0.15, 0.2) is 0 Å². The summed E-state index contributed by atoms with van der Waals surface area (Å²) < 4.78 is 1.56. The first-order valence-electron chi connectivity index (χ1n) is 5.77. The van der Waals surface area contributed by atoms with E-state index in [1.54, 1.807) is 17.9 Å². The summed E-state index contributed by atoms with van der Waals surface area (Å²) in [6.07, 6.45) is 1.71. The lowest BCUT2D eigenvalue weighted by Gasteiger charge is -2.05. The third kappa shape index (κ3) is 4.78. The SMILES string of the molecule is CCc1nn(C)cc1NC(=O)NC(=O)CCC(=O)O. The number of carbonyl (C=O) groups excluding carboxylic acids is 2. The fraction of sp³-hybridized carbons (Fsp3) is 0.455. The number of urea groups is 1. The predicted octanol–water partition coefficient (Wildman–Crippen LogP) is 0.495. The van der Waals surface area contributed by atoms with Crippen molar-refractivity contribution in [3.05, 3.63) is 11.9 Å². The Kier molecular flexibility index (Phi) is 5.04. The van der Waals surface area contributed by atoms with Crippen molar-refractivity contribution >= 4 is 23.6 Å². The lowest BCUT2D eigenvalue weighted by atomic mass is 10.3. The Balaban J connectivity index is 2.50. The van der Waals surface area contributed by atoms with Gasteiger partial charge in [-0.3, -0.25) is 19.6 Å². The molecule has 1 rings (SSSR count). The molecule has 0 bridgehead atoms. The van der Waals surface area contributed by atoms with Crippen molar-refractivity contribution in [2.24, 2.45) is 7.05 Å². The summed E-state index contributed by atoms with van der Waals surface area (Å²) in [5.74, 6) is -1.72. The molecule has 0 saturated carbocycles. The summed E-state index contributed by atoms with van der Waals surface area (Å²) in [4.78, 5) is 33.0. The van der Waals surface area contributed by atoms with E-state index in [1.165, 1.54) is 0 Å².